The molecule has 166 valence electrons. The predicted molar refractivity (Wildman–Crippen MR) is 128 cm³/mol. The minimum atomic E-state index is -1.15. The van der Waals surface area contributed by atoms with Gasteiger partial charge in [-0.15, -0.1) is 0 Å². The first kappa shape index (κ1) is 23.7. The monoisotopic (exact) mass is 562 g/mol. The molecule has 3 aromatic rings. The van der Waals surface area contributed by atoms with Crippen LogP contribution in [0.3, 0.4) is 0 Å². The molecule has 3 N–H and O–H groups in total. The molecule has 1 aromatic heterocycles. The summed E-state index contributed by atoms with van der Waals surface area (Å²) in [6.45, 7) is 1.84. The minimum absolute atomic E-state index is 0.0801. The van der Waals surface area contributed by atoms with Gasteiger partial charge in [0.2, 0.25) is 0 Å². The van der Waals surface area contributed by atoms with Crippen molar-refractivity contribution >= 4 is 43.7 Å². The molecule has 0 saturated carbocycles. The smallest absolute Gasteiger partial charge is 0.326 e. The molecule has 0 saturated heterocycles. The fourth-order valence-electron chi connectivity index (χ4n) is 3.23. The van der Waals surface area contributed by atoms with Crippen LogP contribution in [0.4, 0.5) is 0 Å². The molecule has 0 aliphatic carbocycles. The molecule has 7 nitrogen and oxygen atoms in total. The van der Waals surface area contributed by atoms with Gasteiger partial charge in [-0.25, -0.2) is 4.79 Å². The predicted octanol–water partition coefficient (Wildman–Crippen LogP) is 4.31. The first-order valence-electron chi connectivity index (χ1n) is 9.55. The van der Waals surface area contributed by atoms with Crippen molar-refractivity contribution in [1.82, 2.24) is 10.3 Å². The highest BCUT2D eigenvalue weighted by molar-refractivity contribution is 9.10. The number of hydrogen-bond donors (Lipinski definition) is 3. The zero-order valence-electron chi connectivity index (χ0n) is 17.2. The summed E-state index contributed by atoms with van der Waals surface area (Å²) in [5, 5.41) is 12.2. The number of nitrogens with one attached hydrogen (secondary N) is 2. The van der Waals surface area contributed by atoms with E-state index in [2.05, 4.69) is 42.2 Å². The molecule has 2 aromatic carbocycles. The maximum atomic E-state index is 12.7. The van der Waals surface area contributed by atoms with E-state index in [9.17, 15) is 19.5 Å². The van der Waals surface area contributed by atoms with Gasteiger partial charge < -0.3 is 20.1 Å². The normalized spacial score (nSPS) is 11.6. The lowest BCUT2D eigenvalue weighted by Crippen LogP contribution is -2.42. The standard InChI is InChI=1S/C23H20Br2N2O5/c1-12-18(25)11-26-22(29)20(12)14-5-3-13(4-6-14)9-19(23(30)31)27-21(28)16-10-15(32-2)7-8-17(16)24/h3-8,10-11,19H,9H2,1-2H3,(H,26,29)(H,27,28)(H,30,31)/t19-/m0/s1. The molecule has 1 amide bonds. The number of rotatable bonds is 7. The summed E-state index contributed by atoms with van der Waals surface area (Å²) in [6.07, 6.45) is 1.67. The zero-order valence-corrected chi connectivity index (χ0v) is 20.4. The fourth-order valence-corrected chi connectivity index (χ4v) is 3.97. The van der Waals surface area contributed by atoms with Gasteiger partial charge in [0.15, 0.2) is 0 Å². The number of amides is 1. The number of carboxylic acids is 1. The number of aliphatic carboxylic acids is 1. The summed E-state index contributed by atoms with van der Waals surface area (Å²) >= 11 is 6.72. The maximum absolute atomic E-state index is 12.7. The molecule has 0 aliphatic heterocycles. The van der Waals surface area contributed by atoms with Gasteiger partial charge in [-0.05, 0) is 73.7 Å². The Morgan fingerprint density at radius 2 is 1.81 bits per heavy atom. The number of pyridine rings is 1. The molecular formula is C23H20Br2N2O5. The second-order valence-corrected chi connectivity index (χ2v) is 8.79. The Hall–Kier alpha value is -2.91. The fraction of sp³-hybridized carbons (Fsp3) is 0.174. The van der Waals surface area contributed by atoms with Gasteiger partial charge in [0.1, 0.15) is 11.8 Å². The van der Waals surface area contributed by atoms with Gasteiger partial charge in [0.25, 0.3) is 11.5 Å². The van der Waals surface area contributed by atoms with E-state index in [0.29, 0.717) is 26.9 Å². The number of aromatic nitrogens is 1. The van der Waals surface area contributed by atoms with E-state index < -0.39 is 17.9 Å². The Balaban J connectivity index is 1.80. The van der Waals surface area contributed by atoms with Gasteiger partial charge >= 0.3 is 5.97 Å². The number of halogens is 2. The molecule has 0 bridgehead atoms. The average Bonchev–Trinajstić information content (AvgIpc) is 2.77. The van der Waals surface area contributed by atoms with Crippen molar-refractivity contribution in [3.05, 3.63) is 84.7 Å². The third kappa shape index (κ3) is 5.28. The number of H-pyrrole nitrogens is 1. The highest BCUT2D eigenvalue weighted by Gasteiger charge is 2.23. The van der Waals surface area contributed by atoms with Crippen molar-refractivity contribution in [3.63, 3.8) is 0 Å². The van der Waals surface area contributed by atoms with Gasteiger partial charge in [0.05, 0.1) is 18.2 Å². The van der Waals surface area contributed by atoms with Crippen molar-refractivity contribution in [1.29, 1.82) is 0 Å². The van der Waals surface area contributed by atoms with Crippen LogP contribution in [0.25, 0.3) is 11.1 Å². The van der Waals surface area contributed by atoms with E-state index in [1.807, 2.05) is 6.92 Å². The van der Waals surface area contributed by atoms with Gasteiger partial charge in [-0.2, -0.15) is 0 Å². The number of ether oxygens (including phenoxy) is 1. The number of methoxy groups -OCH3 is 1. The van der Waals surface area contributed by atoms with Crippen LogP contribution in [0, 0.1) is 6.92 Å². The Kier molecular flexibility index (Phi) is 7.52. The van der Waals surface area contributed by atoms with Gasteiger partial charge in [0, 0.05) is 21.6 Å². The van der Waals surface area contributed by atoms with Crippen molar-refractivity contribution in [3.8, 4) is 16.9 Å². The second kappa shape index (κ2) is 10.1. The first-order chi connectivity index (χ1) is 15.2. The SMILES string of the molecule is COc1ccc(Br)c(C(=O)N[C@@H](Cc2ccc(-c3c(C)c(Br)c[nH]c3=O)cc2)C(=O)O)c1. The van der Waals surface area contributed by atoms with Crippen LogP contribution in [0.2, 0.25) is 0 Å². The number of carbonyl (C=O) groups excluding carboxylic acids is 1. The van der Waals surface area contributed by atoms with Crippen molar-refractivity contribution in [2.75, 3.05) is 7.11 Å². The van der Waals surface area contributed by atoms with Crippen LogP contribution in [-0.4, -0.2) is 35.1 Å². The molecule has 0 spiro atoms. The highest BCUT2D eigenvalue weighted by Crippen LogP contribution is 2.26. The third-order valence-electron chi connectivity index (χ3n) is 4.99. The summed E-state index contributed by atoms with van der Waals surface area (Å²) in [7, 11) is 1.48. The van der Waals surface area contributed by atoms with Crippen LogP contribution < -0.4 is 15.6 Å². The summed E-state index contributed by atoms with van der Waals surface area (Å²) < 4.78 is 6.45. The third-order valence-corrected chi connectivity index (χ3v) is 6.51. The molecule has 9 heteroatoms. The van der Waals surface area contributed by atoms with Crippen LogP contribution >= 0.6 is 31.9 Å². The molecule has 0 radical (unpaired) electrons. The zero-order chi connectivity index (χ0) is 23.4. The summed E-state index contributed by atoms with van der Waals surface area (Å²) in [6, 6.07) is 10.8. The number of benzene rings is 2. The van der Waals surface area contributed by atoms with E-state index >= 15 is 0 Å². The van der Waals surface area contributed by atoms with Crippen LogP contribution in [-0.2, 0) is 11.2 Å². The van der Waals surface area contributed by atoms with Crippen molar-refractivity contribution in [2.45, 2.75) is 19.4 Å². The second-order valence-electron chi connectivity index (χ2n) is 7.08. The van der Waals surface area contributed by atoms with Crippen molar-refractivity contribution < 1.29 is 19.4 Å². The maximum Gasteiger partial charge on any atom is 0.326 e. The quantitative estimate of drug-likeness (QED) is 0.397. The lowest BCUT2D eigenvalue weighted by molar-refractivity contribution is -0.139. The lowest BCUT2D eigenvalue weighted by Gasteiger charge is -2.16. The minimum Gasteiger partial charge on any atom is -0.497 e. The van der Waals surface area contributed by atoms with Crippen molar-refractivity contribution in [2.24, 2.45) is 0 Å². The first-order valence-corrected chi connectivity index (χ1v) is 11.1. The number of carboxylic acid groups (broad SMARTS) is 1. The van der Waals surface area contributed by atoms with E-state index in [0.717, 1.165) is 10.0 Å². The van der Waals surface area contributed by atoms with Crippen LogP contribution in [0.5, 0.6) is 5.75 Å². The van der Waals surface area contributed by atoms with Crippen LogP contribution in [0.15, 0.2) is 62.4 Å². The molecule has 0 aliphatic rings. The van der Waals surface area contributed by atoms with Gasteiger partial charge in [-0.3, -0.25) is 9.59 Å². The molecule has 0 unspecified atom stereocenters. The Morgan fingerprint density at radius 3 is 2.44 bits per heavy atom. The Morgan fingerprint density at radius 1 is 1.12 bits per heavy atom. The van der Waals surface area contributed by atoms with E-state index in [4.69, 9.17) is 4.74 Å². The molecule has 0 fully saturated rings. The molecule has 1 atom stereocenters. The number of aromatic amines is 1. The lowest BCUT2D eigenvalue weighted by atomic mass is 9.99. The van der Waals surface area contributed by atoms with Gasteiger partial charge in [-0.1, -0.05) is 24.3 Å². The average molecular weight is 564 g/mol. The largest absolute Gasteiger partial charge is 0.497 e. The molecule has 32 heavy (non-hydrogen) atoms. The highest BCUT2D eigenvalue weighted by atomic mass is 79.9. The summed E-state index contributed by atoms with van der Waals surface area (Å²) in [5.74, 6) is -1.20. The molecule has 1 heterocycles. The Labute approximate surface area is 201 Å². The van der Waals surface area contributed by atoms with E-state index in [1.54, 1.807) is 42.6 Å². The molecule has 3 rings (SSSR count). The number of carbonyl (C=O) groups is 2. The number of hydrogen-bond acceptors (Lipinski definition) is 4. The van der Waals surface area contributed by atoms with E-state index in [1.165, 1.54) is 13.2 Å². The Bertz CT molecular complexity index is 1220. The summed E-state index contributed by atoms with van der Waals surface area (Å²) in [5.41, 5.74) is 2.83. The van der Waals surface area contributed by atoms with Crippen LogP contribution in [0.1, 0.15) is 21.5 Å². The molecular weight excluding hydrogens is 544 g/mol. The summed E-state index contributed by atoms with van der Waals surface area (Å²) in [4.78, 5) is 39.4. The topological polar surface area (TPSA) is 108 Å². The van der Waals surface area contributed by atoms with E-state index in [-0.39, 0.29) is 17.5 Å².